The van der Waals surface area contributed by atoms with Crippen molar-refractivity contribution >= 4 is 11.9 Å². The Bertz CT molecular complexity index is 1320. The van der Waals surface area contributed by atoms with Gasteiger partial charge in [-0.15, -0.1) is 0 Å². The van der Waals surface area contributed by atoms with Crippen LogP contribution >= 0.6 is 0 Å². The molecule has 1 spiro atoms. The summed E-state index contributed by atoms with van der Waals surface area (Å²) in [4.78, 5) is 27.9. The molecule has 1 aromatic carbocycles. The maximum atomic E-state index is 13.0. The van der Waals surface area contributed by atoms with E-state index in [1.807, 2.05) is 13.0 Å². The fourth-order valence-corrected chi connectivity index (χ4v) is 9.43. The fourth-order valence-electron chi connectivity index (χ4n) is 9.43. The van der Waals surface area contributed by atoms with E-state index in [9.17, 15) is 14.7 Å². The fraction of sp³-hybridized carbons (Fsp3) is 0.778. The third-order valence-corrected chi connectivity index (χ3v) is 12.8. The van der Waals surface area contributed by atoms with Gasteiger partial charge in [0.2, 0.25) is 0 Å². The summed E-state index contributed by atoms with van der Waals surface area (Å²) in [5.41, 5.74) is 1.48. The van der Waals surface area contributed by atoms with Crippen molar-refractivity contribution in [2.45, 2.75) is 198 Å². The largest absolute Gasteiger partial charge is 0.481 e. The van der Waals surface area contributed by atoms with Gasteiger partial charge in [0.05, 0.1) is 17.6 Å². The molecule has 0 amide bonds. The number of hydrogen-bond donors (Lipinski definition) is 1. The van der Waals surface area contributed by atoms with Crippen LogP contribution in [0, 0.1) is 5.92 Å². The zero-order valence-electron chi connectivity index (χ0n) is 33.1. The molecule has 292 valence electrons. The third-order valence-electron chi connectivity index (χ3n) is 12.8. The number of carbonyl (C=O) groups excluding carboxylic acids is 2. The number of rotatable bonds is 26. The second kappa shape index (κ2) is 19.8. The van der Waals surface area contributed by atoms with Gasteiger partial charge in [-0.1, -0.05) is 123 Å². The number of nitrogens with zero attached hydrogens (tertiary/aromatic N) is 1. The summed E-state index contributed by atoms with van der Waals surface area (Å²) in [6.45, 7) is 13.1. The van der Waals surface area contributed by atoms with E-state index in [2.05, 4.69) is 31.4 Å². The van der Waals surface area contributed by atoms with Crippen LogP contribution in [0.1, 0.15) is 180 Å². The highest BCUT2D eigenvalue weighted by Gasteiger charge is 2.68. The van der Waals surface area contributed by atoms with Crippen molar-refractivity contribution in [2.24, 2.45) is 5.92 Å². The minimum atomic E-state index is -1.02. The lowest BCUT2D eigenvalue weighted by Crippen LogP contribution is -2.73. The number of carbonyl (C=O) groups is 2. The molecule has 1 saturated carbocycles. The predicted octanol–water partition coefficient (Wildman–Crippen LogP) is 10.3. The van der Waals surface area contributed by atoms with Crippen LogP contribution in [0.25, 0.3) is 0 Å². The first-order valence-electron chi connectivity index (χ1n) is 21.6. The topological polar surface area (TPSA) is 85.3 Å². The highest BCUT2D eigenvalue weighted by atomic mass is 16.6. The maximum Gasteiger partial charge on any atom is 0.311 e. The molecule has 52 heavy (non-hydrogen) atoms. The lowest BCUT2D eigenvalue weighted by Gasteiger charge is -2.60. The Labute approximate surface area is 315 Å². The second-order valence-corrected chi connectivity index (χ2v) is 16.8. The standard InChI is InChI=1S/C45H71NO6/c1-5-7-8-9-10-11-12-13-14-15-16-17-18-19-20-21-31-50-39(47)23-22-24-40(48)51-37-28-27-36-32-38-44(4,49)45(29-30-46(38)33-35-25-26-35)41(36)42(37)52-43(45)34(3)6-2/h27-28,35,38,43,49H,3,5-26,29-33H2,1-2,4H3. The Kier molecular flexibility index (Phi) is 15.5. The van der Waals surface area contributed by atoms with Crippen LogP contribution in [-0.2, 0) is 26.2 Å². The van der Waals surface area contributed by atoms with E-state index in [4.69, 9.17) is 14.2 Å². The van der Waals surface area contributed by atoms with Gasteiger partial charge in [-0.05, 0) is 81.5 Å². The quantitative estimate of drug-likeness (QED) is 0.0441. The van der Waals surface area contributed by atoms with E-state index in [1.165, 1.54) is 108 Å². The first-order chi connectivity index (χ1) is 25.2. The van der Waals surface area contributed by atoms with E-state index in [0.29, 0.717) is 24.5 Å². The molecule has 5 rings (SSSR count). The monoisotopic (exact) mass is 722 g/mol. The number of likely N-dealkylation sites (tertiary alicyclic amines) is 1. The summed E-state index contributed by atoms with van der Waals surface area (Å²) in [7, 11) is 0. The molecular weight excluding hydrogens is 650 g/mol. The van der Waals surface area contributed by atoms with Crippen molar-refractivity contribution in [3.63, 3.8) is 0 Å². The van der Waals surface area contributed by atoms with E-state index >= 15 is 0 Å². The van der Waals surface area contributed by atoms with Crippen LogP contribution in [0.2, 0.25) is 0 Å². The summed E-state index contributed by atoms with van der Waals surface area (Å²) >= 11 is 0. The lowest BCUT2D eigenvalue weighted by atomic mass is 9.52. The second-order valence-electron chi connectivity index (χ2n) is 16.8. The molecule has 7 nitrogen and oxygen atoms in total. The normalized spacial score (nSPS) is 24.7. The molecule has 0 aromatic heterocycles. The zero-order valence-corrected chi connectivity index (χ0v) is 33.1. The number of hydrogen-bond acceptors (Lipinski definition) is 7. The third kappa shape index (κ3) is 10.0. The molecule has 4 aliphatic rings. The Morgan fingerprint density at radius 2 is 1.46 bits per heavy atom. The number of esters is 2. The van der Waals surface area contributed by atoms with Crippen molar-refractivity contribution < 1.29 is 28.9 Å². The van der Waals surface area contributed by atoms with Gasteiger partial charge in [-0.2, -0.15) is 0 Å². The van der Waals surface area contributed by atoms with Crippen LogP contribution in [0.4, 0.5) is 0 Å². The zero-order chi connectivity index (χ0) is 37.0. The Balaban J connectivity index is 0.977. The van der Waals surface area contributed by atoms with Crippen molar-refractivity contribution in [1.29, 1.82) is 0 Å². The smallest absolute Gasteiger partial charge is 0.311 e. The molecule has 2 fully saturated rings. The van der Waals surface area contributed by atoms with Crippen molar-refractivity contribution in [3.05, 3.63) is 35.4 Å². The van der Waals surface area contributed by atoms with Crippen LogP contribution < -0.4 is 9.47 Å². The summed E-state index contributed by atoms with van der Waals surface area (Å²) in [6.07, 6.45) is 26.2. The van der Waals surface area contributed by atoms with Gasteiger partial charge in [0.15, 0.2) is 11.5 Å². The molecular formula is C45H71NO6. The number of fused-ring (bicyclic) bond motifs is 1. The molecule has 1 aromatic rings. The molecule has 2 bridgehead atoms. The predicted molar refractivity (Wildman–Crippen MR) is 209 cm³/mol. The molecule has 4 unspecified atom stereocenters. The number of unbranched alkanes of at least 4 members (excludes halogenated alkanes) is 15. The van der Waals surface area contributed by atoms with Crippen LogP contribution in [0.15, 0.2) is 24.3 Å². The number of piperidine rings is 1. The van der Waals surface area contributed by atoms with Crippen molar-refractivity contribution in [2.75, 3.05) is 19.7 Å². The van der Waals surface area contributed by atoms with Crippen LogP contribution in [-0.4, -0.2) is 59.4 Å². The Morgan fingerprint density at radius 3 is 2.06 bits per heavy atom. The van der Waals surface area contributed by atoms with Gasteiger partial charge in [-0.25, -0.2) is 0 Å². The number of aliphatic hydroxyl groups is 1. The molecule has 0 radical (unpaired) electrons. The Morgan fingerprint density at radius 1 is 0.865 bits per heavy atom. The van der Waals surface area contributed by atoms with Gasteiger partial charge in [0.1, 0.15) is 6.10 Å². The lowest BCUT2D eigenvalue weighted by molar-refractivity contribution is -0.149. The van der Waals surface area contributed by atoms with E-state index in [0.717, 1.165) is 62.2 Å². The summed E-state index contributed by atoms with van der Waals surface area (Å²) in [5, 5.41) is 12.4. The van der Waals surface area contributed by atoms with E-state index < -0.39 is 17.0 Å². The molecule has 4 atom stereocenters. The number of ether oxygens (including phenoxy) is 3. The van der Waals surface area contributed by atoms with Crippen LogP contribution in [0.5, 0.6) is 11.5 Å². The van der Waals surface area contributed by atoms with E-state index in [1.54, 1.807) is 0 Å². The van der Waals surface area contributed by atoms with Crippen molar-refractivity contribution in [3.8, 4) is 11.5 Å². The minimum Gasteiger partial charge on any atom is -0.481 e. The van der Waals surface area contributed by atoms with Gasteiger partial charge >= 0.3 is 11.9 Å². The first kappa shape index (κ1) is 40.8. The average Bonchev–Trinajstić information content (AvgIpc) is 3.87. The van der Waals surface area contributed by atoms with E-state index in [-0.39, 0.29) is 31.0 Å². The van der Waals surface area contributed by atoms with Gasteiger partial charge in [-0.3, -0.25) is 14.5 Å². The van der Waals surface area contributed by atoms with Crippen LogP contribution in [0.3, 0.4) is 0 Å². The molecule has 1 N–H and O–H groups in total. The van der Waals surface area contributed by atoms with Gasteiger partial charge < -0.3 is 19.3 Å². The summed E-state index contributed by atoms with van der Waals surface area (Å²) in [6, 6.07) is 3.92. The Hall–Kier alpha value is -2.38. The maximum absolute atomic E-state index is 13.0. The molecule has 7 heteroatoms. The SMILES string of the molecule is C=C(CC)C1Oc2c(OC(=O)CCCC(=O)OCCCCCCCCCCCCCCCCCC)ccc3c2C12CCN(CC1CC1)C(C3)C2(C)O. The van der Waals surface area contributed by atoms with Gasteiger partial charge in [0, 0.05) is 31.0 Å². The molecule has 2 aliphatic carbocycles. The number of benzene rings is 1. The molecule has 1 saturated heterocycles. The summed E-state index contributed by atoms with van der Waals surface area (Å²) in [5.74, 6) is 1.08. The first-order valence-corrected chi connectivity index (χ1v) is 21.6. The molecule has 2 aliphatic heterocycles. The van der Waals surface area contributed by atoms with Crippen molar-refractivity contribution in [1.82, 2.24) is 4.90 Å². The molecule has 2 heterocycles. The highest BCUT2D eigenvalue weighted by Crippen LogP contribution is 2.63. The van der Waals surface area contributed by atoms with Gasteiger partial charge in [0.25, 0.3) is 0 Å². The highest BCUT2D eigenvalue weighted by molar-refractivity contribution is 5.76. The average molecular weight is 722 g/mol. The summed E-state index contributed by atoms with van der Waals surface area (Å²) < 4.78 is 18.1. The minimum absolute atomic E-state index is 0.00766.